The van der Waals surface area contributed by atoms with Crippen molar-refractivity contribution in [2.45, 2.75) is 11.8 Å². The maximum atomic E-state index is 13.4. The Balaban J connectivity index is 1.75. The summed E-state index contributed by atoms with van der Waals surface area (Å²) in [5, 5.41) is 8.22. The molecule has 0 atom stereocenters. The summed E-state index contributed by atoms with van der Waals surface area (Å²) in [5.41, 5.74) is 3.48. The lowest BCUT2D eigenvalue weighted by Crippen LogP contribution is -2.11. The van der Waals surface area contributed by atoms with Crippen molar-refractivity contribution in [1.82, 2.24) is 4.98 Å². The Labute approximate surface area is 188 Å². The first-order valence-corrected chi connectivity index (χ1v) is 11.8. The molecule has 0 fully saturated rings. The number of hydrogen-bond acceptors (Lipinski definition) is 5. The minimum absolute atomic E-state index is 0.0218. The number of aryl methyl sites for hydroxylation is 1. The van der Waals surface area contributed by atoms with Crippen LogP contribution in [0.2, 0.25) is 0 Å². The van der Waals surface area contributed by atoms with Gasteiger partial charge in [-0.25, -0.2) is 22.9 Å². The number of primary sulfonamides is 1. The summed E-state index contributed by atoms with van der Waals surface area (Å²) in [6.07, 6.45) is 0. The van der Waals surface area contributed by atoms with Crippen molar-refractivity contribution < 1.29 is 17.6 Å². The SMILES string of the molecule is Cc1ccc(NC(=O)c2nc(-c3ccc(F)cc3)c(-c3ccc(S(N)(=O)=O)cc3)s2)cc1. The molecule has 4 rings (SSSR count). The van der Waals surface area contributed by atoms with Crippen LogP contribution >= 0.6 is 11.3 Å². The molecule has 6 nitrogen and oxygen atoms in total. The van der Waals surface area contributed by atoms with Crippen LogP contribution in [0, 0.1) is 12.7 Å². The van der Waals surface area contributed by atoms with Gasteiger partial charge in [-0.05, 0) is 61.0 Å². The number of nitrogens with one attached hydrogen (secondary N) is 1. The number of nitrogens with zero attached hydrogens (tertiary/aromatic N) is 1. The fraction of sp³-hybridized carbons (Fsp3) is 0.0435. The van der Waals surface area contributed by atoms with Gasteiger partial charge in [-0.3, -0.25) is 4.79 Å². The predicted octanol–water partition coefficient (Wildman–Crippen LogP) is 4.82. The number of rotatable bonds is 5. The van der Waals surface area contributed by atoms with Gasteiger partial charge in [0.15, 0.2) is 5.01 Å². The molecular formula is C23H18FN3O3S2. The highest BCUT2D eigenvalue weighted by Crippen LogP contribution is 2.37. The molecule has 0 aliphatic heterocycles. The third kappa shape index (κ3) is 4.75. The van der Waals surface area contributed by atoms with Crippen molar-refractivity contribution in [3.8, 4) is 21.7 Å². The number of benzene rings is 3. The fourth-order valence-electron chi connectivity index (χ4n) is 3.03. The molecule has 0 radical (unpaired) electrons. The Hall–Kier alpha value is -3.40. The summed E-state index contributed by atoms with van der Waals surface area (Å²) in [6, 6.07) is 19.1. The lowest BCUT2D eigenvalue weighted by molar-refractivity contribution is 0.102. The molecule has 0 saturated carbocycles. The van der Waals surface area contributed by atoms with Gasteiger partial charge in [0.25, 0.3) is 5.91 Å². The molecular weight excluding hydrogens is 449 g/mol. The maximum Gasteiger partial charge on any atom is 0.284 e. The Morgan fingerprint density at radius 3 is 2.12 bits per heavy atom. The second kappa shape index (κ2) is 8.62. The van der Waals surface area contributed by atoms with E-state index in [1.165, 1.54) is 24.3 Å². The molecule has 0 unspecified atom stereocenters. The van der Waals surface area contributed by atoms with Gasteiger partial charge < -0.3 is 5.32 Å². The Morgan fingerprint density at radius 1 is 0.938 bits per heavy atom. The van der Waals surface area contributed by atoms with Crippen molar-refractivity contribution in [1.29, 1.82) is 0 Å². The number of anilines is 1. The molecule has 0 bridgehead atoms. The van der Waals surface area contributed by atoms with Crippen molar-refractivity contribution in [3.63, 3.8) is 0 Å². The van der Waals surface area contributed by atoms with Gasteiger partial charge in [0.05, 0.1) is 15.5 Å². The molecule has 0 aliphatic rings. The second-order valence-electron chi connectivity index (χ2n) is 7.09. The van der Waals surface area contributed by atoms with Crippen LogP contribution in [0.5, 0.6) is 0 Å². The summed E-state index contributed by atoms with van der Waals surface area (Å²) < 4.78 is 36.6. The minimum atomic E-state index is -3.83. The molecule has 9 heteroatoms. The molecule has 0 aliphatic carbocycles. The van der Waals surface area contributed by atoms with E-state index >= 15 is 0 Å². The topological polar surface area (TPSA) is 102 Å². The number of halogens is 1. The first-order chi connectivity index (χ1) is 15.2. The van der Waals surface area contributed by atoms with Gasteiger partial charge >= 0.3 is 0 Å². The van der Waals surface area contributed by atoms with E-state index in [4.69, 9.17) is 5.14 Å². The molecule has 32 heavy (non-hydrogen) atoms. The van der Waals surface area contributed by atoms with Crippen LogP contribution in [0.1, 0.15) is 15.4 Å². The van der Waals surface area contributed by atoms with Crippen LogP contribution in [-0.4, -0.2) is 19.3 Å². The number of aromatic nitrogens is 1. The van der Waals surface area contributed by atoms with Gasteiger partial charge in [0.2, 0.25) is 10.0 Å². The molecule has 1 amide bonds. The van der Waals surface area contributed by atoms with E-state index in [1.807, 2.05) is 19.1 Å². The summed E-state index contributed by atoms with van der Waals surface area (Å²) >= 11 is 1.16. The molecule has 162 valence electrons. The van der Waals surface area contributed by atoms with Crippen molar-refractivity contribution in [3.05, 3.63) is 89.2 Å². The van der Waals surface area contributed by atoms with Crippen molar-refractivity contribution in [2.24, 2.45) is 5.14 Å². The minimum Gasteiger partial charge on any atom is -0.320 e. The van der Waals surface area contributed by atoms with E-state index in [1.54, 1.807) is 36.4 Å². The van der Waals surface area contributed by atoms with E-state index in [0.29, 0.717) is 27.4 Å². The summed E-state index contributed by atoms with van der Waals surface area (Å²) in [6.45, 7) is 1.95. The van der Waals surface area contributed by atoms with Crippen LogP contribution in [0.15, 0.2) is 77.7 Å². The molecule has 0 saturated heterocycles. The Bertz CT molecular complexity index is 1380. The van der Waals surface area contributed by atoms with Gasteiger partial charge in [-0.2, -0.15) is 0 Å². The average Bonchev–Trinajstić information content (AvgIpc) is 3.21. The van der Waals surface area contributed by atoms with Gasteiger partial charge in [0.1, 0.15) is 5.82 Å². The first kappa shape index (κ1) is 21.8. The standard InChI is InChI=1S/C23H18FN3O3S2/c1-14-2-10-18(11-3-14)26-22(28)23-27-20(15-4-8-17(24)9-5-15)21(31-23)16-6-12-19(13-7-16)32(25,29)30/h2-13H,1H3,(H,26,28)(H2,25,29,30). The zero-order chi connectivity index (χ0) is 22.9. The zero-order valence-electron chi connectivity index (χ0n) is 16.9. The second-order valence-corrected chi connectivity index (χ2v) is 9.65. The fourth-order valence-corrected chi connectivity index (χ4v) is 4.54. The molecule has 1 heterocycles. The van der Waals surface area contributed by atoms with E-state index in [9.17, 15) is 17.6 Å². The third-order valence-corrected chi connectivity index (χ3v) is 6.73. The van der Waals surface area contributed by atoms with Crippen LogP contribution in [-0.2, 0) is 10.0 Å². The lowest BCUT2D eigenvalue weighted by Gasteiger charge is -2.04. The highest BCUT2D eigenvalue weighted by molar-refractivity contribution is 7.89. The van der Waals surface area contributed by atoms with Crippen LogP contribution in [0.3, 0.4) is 0 Å². The van der Waals surface area contributed by atoms with Crippen LogP contribution in [0.25, 0.3) is 21.7 Å². The van der Waals surface area contributed by atoms with E-state index < -0.39 is 10.0 Å². The largest absolute Gasteiger partial charge is 0.320 e. The summed E-state index contributed by atoms with van der Waals surface area (Å²) in [5.74, 6) is -0.769. The number of carbonyl (C=O) groups is 1. The highest BCUT2D eigenvalue weighted by atomic mass is 32.2. The Morgan fingerprint density at radius 2 is 1.53 bits per heavy atom. The van der Waals surface area contributed by atoms with Gasteiger partial charge in [0, 0.05) is 11.3 Å². The third-order valence-electron chi connectivity index (χ3n) is 4.69. The van der Waals surface area contributed by atoms with Crippen LogP contribution in [0.4, 0.5) is 10.1 Å². The lowest BCUT2D eigenvalue weighted by atomic mass is 10.1. The summed E-state index contributed by atoms with van der Waals surface area (Å²) in [4.78, 5) is 18.0. The predicted molar refractivity (Wildman–Crippen MR) is 123 cm³/mol. The number of nitrogens with two attached hydrogens (primary N) is 1. The summed E-state index contributed by atoms with van der Waals surface area (Å²) in [7, 11) is -3.83. The van der Waals surface area contributed by atoms with Crippen molar-refractivity contribution >= 4 is 33.0 Å². The van der Waals surface area contributed by atoms with Gasteiger partial charge in [-0.1, -0.05) is 29.8 Å². The molecule has 3 N–H and O–H groups in total. The van der Waals surface area contributed by atoms with E-state index in [2.05, 4.69) is 10.3 Å². The van der Waals surface area contributed by atoms with Crippen molar-refractivity contribution in [2.75, 3.05) is 5.32 Å². The number of carbonyl (C=O) groups excluding carboxylic acids is 1. The van der Waals surface area contributed by atoms with E-state index in [-0.39, 0.29) is 21.6 Å². The molecule has 0 spiro atoms. The number of thiazole rings is 1. The number of hydrogen-bond donors (Lipinski definition) is 2. The zero-order valence-corrected chi connectivity index (χ0v) is 18.5. The van der Waals surface area contributed by atoms with E-state index in [0.717, 1.165) is 16.9 Å². The Kier molecular flexibility index (Phi) is 5.88. The van der Waals surface area contributed by atoms with Crippen LogP contribution < -0.4 is 10.5 Å². The number of sulfonamides is 1. The normalized spacial score (nSPS) is 11.3. The quantitative estimate of drug-likeness (QED) is 0.439. The monoisotopic (exact) mass is 467 g/mol. The average molecular weight is 468 g/mol. The molecule has 1 aromatic heterocycles. The number of amides is 1. The molecule has 4 aromatic rings. The smallest absolute Gasteiger partial charge is 0.284 e. The first-order valence-electron chi connectivity index (χ1n) is 9.49. The highest BCUT2D eigenvalue weighted by Gasteiger charge is 2.20. The maximum absolute atomic E-state index is 13.4. The molecule has 3 aromatic carbocycles. The van der Waals surface area contributed by atoms with Gasteiger partial charge in [-0.15, -0.1) is 11.3 Å².